The number of anilines is 1. The summed E-state index contributed by atoms with van der Waals surface area (Å²) >= 11 is 0. The molecule has 0 aromatic heterocycles. The lowest BCUT2D eigenvalue weighted by atomic mass is 9.91. The van der Waals surface area contributed by atoms with E-state index in [1.807, 2.05) is 6.07 Å². The van der Waals surface area contributed by atoms with Gasteiger partial charge >= 0.3 is 0 Å². The van der Waals surface area contributed by atoms with Crippen molar-refractivity contribution in [3.05, 3.63) is 29.3 Å². The van der Waals surface area contributed by atoms with Crippen molar-refractivity contribution in [2.45, 2.75) is 32.2 Å². The molecule has 0 aliphatic carbocycles. The number of carbonyl (C=O) groups excluding carboxylic acids is 1. The van der Waals surface area contributed by atoms with Crippen LogP contribution in [0.1, 0.15) is 36.9 Å². The number of hydrogen-bond donors (Lipinski definition) is 2. The maximum absolute atomic E-state index is 11.5. The van der Waals surface area contributed by atoms with Crippen LogP contribution in [0, 0.1) is 5.92 Å². The Kier molecular flexibility index (Phi) is 4.03. The maximum atomic E-state index is 11.5. The fourth-order valence-electron chi connectivity index (χ4n) is 3.11. The second kappa shape index (κ2) is 5.94. The number of ether oxygens (including phenoxy) is 1. The zero-order chi connectivity index (χ0) is 13.9. The molecule has 0 spiro atoms. The molecule has 108 valence electrons. The summed E-state index contributed by atoms with van der Waals surface area (Å²) in [5, 5.41) is 6.54. The molecule has 4 nitrogen and oxygen atoms in total. The molecule has 2 heterocycles. The van der Waals surface area contributed by atoms with Gasteiger partial charge in [0.15, 0.2) is 0 Å². The highest BCUT2D eigenvalue weighted by molar-refractivity contribution is 5.99. The minimum Gasteiger partial charge on any atom is -0.381 e. The Morgan fingerprint density at radius 2 is 2.40 bits per heavy atom. The fraction of sp³-hybridized carbons (Fsp3) is 0.562. The smallest absolute Gasteiger partial charge is 0.228 e. The van der Waals surface area contributed by atoms with Crippen molar-refractivity contribution in [1.29, 1.82) is 0 Å². The third-order valence-corrected chi connectivity index (χ3v) is 4.16. The lowest BCUT2D eigenvalue weighted by molar-refractivity contribution is -0.115. The summed E-state index contributed by atoms with van der Waals surface area (Å²) < 4.78 is 5.54. The van der Waals surface area contributed by atoms with E-state index in [4.69, 9.17) is 4.74 Å². The van der Waals surface area contributed by atoms with Gasteiger partial charge in [0.1, 0.15) is 0 Å². The van der Waals surface area contributed by atoms with Gasteiger partial charge in [0.05, 0.1) is 13.0 Å². The Balaban J connectivity index is 1.83. The van der Waals surface area contributed by atoms with Gasteiger partial charge < -0.3 is 15.4 Å². The Bertz CT molecular complexity index is 495. The van der Waals surface area contributed by atoms with E-state index in [1.165, 1.54) is 5.56 Å². The summed E-state index contributed by atoms with van der Waals surface area (Å²) in [5.41, 5.74) is 3.37. The van der Waals surface area contributed by atoms with Gasteiger partial charge in [-0.3, -0.25) is 4.79 Å². The fourth-order valence-corrected chi connectivity index (χ4v) is 3.11. The number of hydrogen-bond acceptors (Lipinski definition) is 3. The van der Waals surface area contributed by atoms with Crippen molar-refractivity contribution in [1.82, 2.24) is 5.32 Å². The number of benzene rings is 1. The Hall–Kier alpha value is -1.39. The van der Waals surface area contributed by atoms with Crippen molar-refractivity contribution < 1.29 is 9.53 Å². The average molecular weight is 274 g/mol. The van der Waals surface area contributed by atoms with Crippen LogP contribution < -0.4 is 10.6 Å². The Morgan fingerprint density at radius 1 is 1.50 bits per heavy atom. The molecule has 20 heavy (non-hydrogen) atoms. The number of fused-ring (bicyclic) bond motifs is 1. The first-order chi connectivity index (χ1) is 9.78. The van der Waals surface area contributed by atoms with E-state index in [1.54, 1.807) is 0 Å². The highest BCUT2D eigenvalue weighted by atomic mass is 16.5. The second-order valence-electron chi connectivity index (χ2n) is 5.70. The molecule has 2 unspecified atom stereocenters. The summed E-state index contributed by atoms with van der Waals surface area (Å²) in [5.74, 6) is 0.629. The molecule has 4 heteroatoms. The zero-order valence-corrected chi connectivity index (χ0v) is 11.9. The first-order valence-corrected chi connectivity index (χ1v) is 7.51. The molecule has 1 aromatic rings. The van der Waals surface area contributed by atoms with E-state index in [0.29, 0.717) is 18.4 Å². The van der Waals surface area contributed by atoms with Gasteiger partial charge in [-0.1, -0.05) is 19.1 Å². The highest BCUT2D eigenvalue weighted by Crippen LogP contribution is 2.32. The van der Waals surface area contributed by atoms with Crippen LogP contribution in [-0.4, -0.2) is 25.7 Å². The van der Waals surface area contributed by atoms with Gasteiger partial charge in [0.2, 0.25) is 5.91 Å². The van der Waals surface area contributed by atoms with Crippen LogP contribution in [0.4, 0.5) is 5.69 Å². The number of rotatable bonds is 5. The molecule has 0 bridgehead atoms. The van der Waals surface area contributed by atoms with Gasteiger partial charge in [-0.25, -0.2) is 0 Å². The van der Waals surface area contributed by atoms with Gasteiger partial charge in [-0.2, -0.15) is 0 Å². The normalized spacial score (nSPS) is 22.6. The van der Waals surface area contributed by atoms with E-state index in [2.05, 4.69) is 29.7 Å². The molecule has 0 radical (unpaired) electrons. The largest absolute Gasteiger partial charge is 0.381 e. The molecule has 2 aliphatic rings. The van der Waals surface area contributed by atoms with Crippen molar-refractivity contribution >= 4 is 11.6 Å². The zero-order valence-electron chi connectivity index (χ0n) is 11.9. The minimum atomic E-state index is 0.0967. The van der Waals surface area contributed by atoms with Crippen LogP contribution in [-0.2, 0) is 16.0 Å². The molecule has 2 N–H and O–H groups in total. The van der Waals surface area contributed by atoms with E-state index in [-0.39, 0.29) is 5.91 Å². The SMILES string of the molecule is CCCNC(c1ccc2c(c1)CC(=O)N2)C1CCOC1. The molecule has 1 fully saturated rings. The number of nitrogens with one attached hydrogen (secondary N) is 2. The summed E-state index contributed by atoms with van der Waals surface area (Å²) in [6.45, 7) is 4.88. The molecular formula is C16H22N2O2. The van der Waals surface area contributed by atoms with E-state index >= 15 is 0 Å². The van der Waals surface area contributed by atoms with Crippen LogP contribution in [0.2, 0.25) is 0 Å². The van der Waals surface area contributed by atoms with Crippen molar-refractivity contribution in [2.24, 2.45) is 5.92 Å². The maximum Gasteiger partial charge on any atom is 0.228 e. The van der Waals surface area contributed by atoms with Crippen LogP contribution in [0.5, 0.6) is 0 Å². The van der Waals surface area contributed by atoms with E-state index < -0.39 is 0 Å². The van der Waals surface area contributed by atoms with Gasteiger partial charge in [-0.15, -0.1) is 0 Å². The van der Waals surface area contributed by atoms with Gasteiger partial charge in [-0.05, 0) is 36.6 Å². The lowest BCUT2D eigenvalue weighted by Crippen LogP contribution is -2.29. The van der Waals surface area contributed by atoms with Crippen LogP contribution in [0.25, 0.3) is 0 Å². The van der Waals surface area contributed by atoms with Crippen molar-refractivity contribution in [3.8, 4) is 0 Å². The molecule has 1 amide bonds. The van der Waals surface area contributed by atoms with Crippen LogP contribution in [0.15, 0.2) is 18.2 Å². The molecule has 1 saturated heterocycles. The standard InChI is InChI=1S/C16H22N2O2/c1-2-6-17-16(12-5-7-20-10-12)11-3-4-14-13(8-11)9-15(19)18-14/h3-4,8,12,16-17H,2,5-7,9-10H2,1H3,(H,18,19). The second-order valence-corrected chi connectivity index (χ2v) is 5.70. The van der Waals surface area contributed by atoms with Crippen LogP contribution in [0.3, 0.4) is 0 Å². The van der Waals surface area contributed by atoms with Crippen molar-refractivity contribution in [3.63, 3.8) is 0 Å². The topological polar surface area (TPSA) is 50.4 Å². The van der Waals surface area contributed by atoms with E-state index in [9.17, 15) is 4.79 Å². The predicted octanol–water partition coefficient (Wildman–Crippen LogP) is 2.26. The average Bonchev–Trinajstić information content (AvgIpc) is 3.07. The predicted molar refractivity (Wildman–Crippen MR) is 78.7 cm³/mol. The monoisotopic (exact) mass is 274 g/mol. The summed E-state index contributed by atoms with van der Waals surface area (Å²) in [7, 11) is 0. The van der Waals surface area contributed by atoms with E-state index in [0.717, 1.165) is 43.9 Å². The Morgan fingerprint density at radius 3 is 3.15 bits per heavy atom. The highest BCUT2D eigenvalue weighted by Gasteiger charge is 2.28. The molecule has 0 saturated carbocycles. The van der Waals surface area contributed by atoms with Gasteiger partial charge in [0, 0.05) is 24.3 Å². The third kappa shape index (κ3) is 2.72. The summed E-state index contributed by atoms with van der Waals surface area (Å²) in [6, 6.07) is 6.68. The molecule has 3 rings (SSSR count). The molecule has 1 aromatic carbocycles. The number of amides is 1. The minimum absolute atomic E-state index is 0.0967. The van der Waals surface area contributed by atoms with Crippen molar-refractivity contribution in [2.75, 3.05) is 25.1 Å². The van der Waals surface area contributed by atoms with Gasteiger partial charge in [0.25, 0.3) is 0 Å². The van der Waals surface area contributed by atoms with Crippen LogP contribution >= 0.6 is 0 Å². The third-order valence-electron chi connectivity index (χ3n) is 4.16. The summed E-state index contributed by atoms with van der Waals surface area (Å²) in [6.07, 6.45) is 2.73. The Labute approximate surface area is 119 Å². The number of carbonyl (C=O) groups is 1. The molecular weight excluding hydrogens is 252 g/mol. The molecule has 2 atom stereocenters. The summed E-state index contributed by atoms with van der Waals surface area (Å²) in [4.78, 5) is 11.5. The first kappa shape index (κ1) is 13.6. The lowest BCUT2D eigenvalue weighted by Gasteiger charge is -2.24. The molecule has 2 aliphatic heterocycles. The quantitative estimate of drug-likeness (QED) is 0.866. The first-order valence-electron chi connectivity index (χ1n) is 7.51.